The molecule has 1 amide bonds. The first-order chi connectivity index (χ1) is 15.0. The summed E-state index contributed by atoms with van der Waals surface area (Å²) in [5.74, 6) is 0.535. The van der Waals surface area contributed by atoms with Gasteiger partial charge in [-0.3, -0.25) is 4.79 Å². The Morgan fingerprint density at radius 3 is 2.26 bits per heavy atom. The molecular weight excluding hydrogens is 415 g/mol. The monoisotopic (exact) mass is 444 g/mol. The molecule has 31 heavy (non-hydrogen) atoms. The third-order valence-corrected chi connectivity index (χ3v) is 4.54. The number of methoxy groups -OCH3 is 1. The predicted molar refractivity (Wildman–Crippen MR) is 128 cm³/mol. The summed E-state index contributed by atoms with van der Waals surface area (Å²) in [5.41, 5.74) is 9.23. The molecule has 0 spiro atoms. The lowest BCUT2D eigenvalue weighted by Crippen LogP contribution is -1.94. The molecule has 3 N–H and O–H groups in total. The molecule has 5 nitrogen and oxygen atoms in total. The van der Waals surface area contributed by atoms with Crippen LogP contribution in [-0.4, -0.2) is 20.6 Å². The van der Waals surface area contributed by atoms with Crippen LogP contribution in [0, 0.1) is 12.7 Å². The summed E-state index contributed by atoms with van der Waals surface area (Å²) < 4.78 is 28.0. The van der Waals surface area contributed by atoms with Crippen LogP contribution in [0.4, 0.5) is 10.1 Å². The summed E-state index contributed by atoms with van der Waals surface area (Å²) in [6.45, 7) is 5.88. The Balaban J connectivity index is 0.000000884. The van der Waals surface area contributed by atoms with Crippen LogP contribution < -0.4 is 15.2 Å². The Morgan fingerprint density at radius 1 is 0.968 bits per heavy atom. The molecule has 3 aromatic carbocycles. The Kier molecular flexibility index (Phi) is 11.8. The first kappa shape index (κ1) is 26.0. The zero-order valence-corrected chi connectivity index (χ0v) is 19.3. The number of halogens is 1. The Hall–Kier alpha value is -3.03. The topological polar surface area (TPSA) is 73.6 Å². The quantitative estimate of drug-likeness (QED) is 0.268. The van der Waals surface area contributed by atoms with Crippen molar-refractivity contribution in [3.8, 4) is 28.0 Å². The van der Waals surface area contributed by atoms with E-state index in [1.54, 1.807) is 20.3 Å². The predicted octanol–water partition coefficient (Wildman–Crippen LogP) is 6.23. The number of anilines is 1. The highest BCUT2D eigenvalue weighted by Gasteiger charge is 2.12. The number of aryl methyl sites for hydroxylation is 1. The van der Waals surface area contributed by atoms with Crippen molar-refractivity contribution < 1.29 is 18.1 Å². The lowest BCUT2D eigenvalue weighted by atomic mass is 9.96. The average Bonchev–Trinajstić information content (AvgIpc) is 2.79. The van der Waals surface area contributed by atoms with E-state index in [-0.39, 0.29) is 12.2 Å². The zero-order valence-electron chi connectivity index (χ0n) is 18.4. The van der Waals surface area contributed by atoms with E-state index >= 15 is 0 Å². The van der Waals surface area contributed by atoms with Gasteiger partial charge in [-0.25, -0.2) is 4.39 Å². The van der Waals surface area contributed by atoms with Crippen LogP contribution in [0.3, 0.4) is 0 Å². The smallest absolute Gasteiger partial charge is 0.204 e. The molecule has 166 valence electrons. The van der Waals surface area contributed by atoms with Gasteiger partial charge in [-0.15, -0.1) is 0 Å². The highest BCUT2D eigenvalue weighted by Crippen LogP contribution is 2.36. The molecule has 3 aromatic rings. The fourth-order valence-electron chi connectivity index (χ4n) is 2.77. The average molecular weight is 445 g/mol. The highest BCUT2D eigenvalue weighted by atomic mass is 32.2. The molecule has 0 saturated carbocycles. The van der Waals surface area contributed by atoms with Crippen molar-refractivity contribution in [2.75, 3.05) is 18.9 Å². The Labute approximate surface area is 188 Å². The van der Waals surface area contributed by atoms with Gasteiger partial charge >= 0.3 is 0 Å². The standard InChI is InChI=1S/C21H20FNO2S.C2H6.CH3NO/c1-14-7-9-18(20(22)11-14)16-8-10-21(23-26-25-3)19(13-16)15-5-4-6-17(12-15)24-2;1-2;2-1-3/h4-13,23H,1-3H3;1-2H3;1H,(H2,2,3). The van der Waals surface area contributed by atoms with Gasteiger partial charge in [0.05, 0.1) is 19.9 Å². The van der Waals surface area contributed by atoms with Crippen LogP contribution >= 0.6 is 12.2 Å². The molecular formula is C24H29FN2O3S. The number of rotatable bonds is 6. The Morgan fingerprint density at radius 2 is 1.65 bits per heavy atom. The van der Waals surface area contributed by atoms with Crippen molar-refractivity contribution in [2.45, 2.75) is 20.8 Å². The van der Waals surface area contributed by atoms with Crippen molar-refractivity contribution in [1.82, 2.24) is 0 Å². The van der Waals surface area contributed by atoms with Crippen LogP contribution in [0.2, 0.25) is 0 Å². The largest absolute Gasteiger partial charge is 0.497 e. The molecule has 0 aliphatic rings. The molecule has 0 aliphatic carbocycles. The number of ether oxygens (including phenoxy) is 1. The minimum atomic E-state index is -0.228. The number of hydrogen-bond donors (Lipinski definition) is 2. The molecule has 0 radical (unpaired) electrons. The molecule has 7 heteroatoms. The first-order valence-electron chi connectivity index (χ1n) is 9.70. The van der Waals surface area contributed by atoms with Gasteiger partial charge in [0, 0.05) is 11.1 Å². The zero-order chi connectivity index (χ0) is 23.2. The number of hydrogen-bond acceptors (Lipinski definition) is 5. The minimum Gasteiger partial charge on any atom is -0.497 e. The van der Waals surface area contributed by atoms with E-state index in [4.69, 9.17) is 13.7 Å². The van der Waals surface area contributed by atoms with Crippen LogP contribution in [0.25, 0.3) is 22.3 Å². The summed E-state index contributed by atoms with van der Waals surface area (Å²) in [4.78, 5) is 8.58. The number of carbonyl (C=O) groups excluding carboxylic acids is 1. The number of nitrogens with two attached hydrogens (primary N) is 1. The van der Waals surface area contributed by atoms with Crippen molar-refractivity contribution in [1.29, 1.82) is 0 Å². The van der Waals surface area contributed by atoms with E-state index in [0.717, 1.165) is 45.9 Å². The van der Waals surface area contributed by atoms with Gasteiger partial charge in [-0.1, -0.05) is 44.2 Å². The van der Waals surface area contributed by atoms with Gasteiger partial charge < -0.3 is 19.4 Å². The van der Waals surface area contributed by atoms with Gasteiger partial charge in [-0.05, 0) is 53.9 Å². The minimum absolute atomic E-state index is 0.228. The summed E-state index contributed by atoms with van der Waals surface area (Å²) in [6.07, 6.45) is 0.250. The fourth-order valence-corrected chi connectivity index (χ4v) is 3.12. The van der Waals surface area contributed by atoms with Crippen molar-refractivity contribution in [3.63, 3.8) is 0 Å². The SMILES string of the molecule is CC.COSNc1ccc(-c2ccc(C)cc2F)cc1-c1cccc(OC)c1.NC=O. The third kappa shape index (κ3) is 7.62. The second-order valence-electron chi connectivity index (χ2n) is 5.96. The van der Waals surface area contributed by atoms with Gasteiger partial charge in [0.15, 0.2) is 0 Å². The normalized spacial score (nSPS) is 9.48. The molecule has 0 aliphatic heterocycles. The maximum atomic E-state index is 14.4. The van der Waals surface area contributed by atoms with E-state index in [2.05, 4.69) is 10.5 Å². The number of benzene rings is 3. The van der Waals surface area contributed by atoms with Gasteiger partial charge in [0.2, 0.25) is 6.41 Å². The molecule has 0 saturated heterocycles. The van der Waals surface area contributed by atoms with Crippen LogP contribution in [0.5, 0.6) is 5.75 Å². The lowest BCUT2D eigenvalue weighted by molar-refractivity contribution is -0.106. The van der Waals surface area contributed by atoms with E-state index in [1.807, 2.05) is 75.4 Å². The number of carbonyl (C=O) groups is 1. The summed E-state index contributed by atoms with van der Waals surface area (Å²) in [7, 11) is 3.23. The number of primary amides is 1. The number of amides is 1. The van der Waals surface area contributed by atoms with Gasteiger partial charge in [0.1, 0.15) is 23.8 Å². The maximum absolute atomic E-state index is 14.4. The highest BCUT2D eigenvalue weighted by molar-refractivity contribution is 7.96. The fraction of sp³-hybridized carbons (Fsp3) is 0.208. The van der Waals surface area contributed by atoms with Crippen molar-refractivity contribution in [2.24, 2.45) is 5.73 Å². The second kappa shape index (κ2) is 14.1. The van der Waals surface area contributed by atoms with Crippen molar-refractivity contribution in [3.05, 3.63) is 72.0 Å². The molecule has 0 unspecified atom stereocenters. The van der Waals surface area contributed by atoms with Crippen LogP contribution in [-0.2, 0) is 8.98 Å². The van der Waals surface area contributed by atoms with Gasteiger partial charge in [-0.2, -0.15) is 0 Å². The summed E-state index contributed by atoms with van der Waals surface area (Å²) in [6, 6.07) is 18.8. The summed E-state index contributed by atoms with van der Waals surface area (Å²) in [5, 5.41) is 0. The second-order valence-corrected chi connectivity index (χ2v) is 6.67. The molecule has 0 heterocycles. The van der Waals surface area contributed by atoms with Gasteiger partial charge in [0.25, 0.3) is 0 Å². The lowest BCUT2D eigenvalue weighted by Gasteiger charge is -2.14. The van der Waals surface area contributed by atoms with E-state index in [9.17, 15) is 4.39 Å². The molecule has 0 atom stereocenters. The van der Waals surface area contributed by atoms with Crippen molar-refractivity contribution >= 4 is 24.3 Å². The van der Waals surface area contributed by atoms with Crippen LogP contribution in [0.1, 0.15) is 19.4 Å². The Bertz CT molecular complexity index is 967. The third-order valence-electron chi connectivity index (χ3n) is 4.07. The van der Waals surface area contributed by atoms with Crippen LogP contribution in [0.15, 0.2) is 60.7 Å². The van der Waals surface area contributed by atoms with E-state index in [0.29, 0.717) is 5.56 Å². The maximum Gasteiger partial charge on any atom is 0.204 e. The van der Waals surface area contributed by atoms with E-state index < -0.39 is 0 Å². The summed E-state index contributed by atoms with van der Waals surface area (Å²) >= 11 is 1.13. The molecule has 3 rings (SSSR count). The first-order valence-corrected chi connectivity index (χ1v) is 10.4. The molecule has 0 bridgehead atoms. The molecule has 0 aromatic heterocycles. The number of nitrogens with one attached hydrogen (secondary N) is 1. The van der Waals surface area contributed by atoms with E-state index in [1.165, 1.54) is 0 Å². The molecule has 0 fully saturated rings.